The van der Waals surface area contributed by atoms with Gasteiger partial charge in [0.1, 0.15) is 0 Å². The largest absolute Gasteiger partial charge is 0.353 e. The Kier molecular flexibility index (Phi) is 5.92. The monoisotopic (exact) mass is 346 g/mol. The molecule has 1 aliphatic heterocycles. The molecule has 1 aromatic carbocycles. The molecule has 1 N–H and O–H groups in total. The summed E-state index contributed by atoms with van der Waals surface area (Å²) in [5, 5.41) is 14.4. The van der Waals surface area contributed by atoms with Crippen LogP contribution in [0.1, 0.15) is 38.7 Å². The minimum atomic E-state index is -0.338. The van der Waals surface area contributed by atoms with Crippen molar-refractivity contribution in [1.29, 1.82) is 5.26 Å². The fourth-order valence-corrected chi connectivity index (χ4v) is 3.76. The van der Waals surface area contributed by atoms with E-state index in [4.69, 9.17) is 11.6 Å². The summed E-state index contributed by atoms with van der Waals surface area (Å²) < 4.78 is 0. The Morgan fingerprint density at radius 1 is 1.39 bits per heavy atom. The lowest BCUT2D eigenvalue weighted by Gasteiger charge is -2.29. The summed E-state index contributed by atoms with van der Waals surface area (Å²) in [5.41, 5.74) is 2.97. The number of carbonyl (C=O) groups excluding carboxylic acids is 1. The number of carbonyl (C=O) groups is 1. The van der Waals surface area contributed by atoms with Gasteiger partial charge in [-0.25, -0.2) is 0 Å². The van der Waals surface area contributed by atoms with Crippen molar-refractivity contribution in [2.24, 2.45) is 0 Å². The van der Waals surface area contributed by atoms with Crippen LogP contribution < -0.4 is 5.32 Å². The molecule has 23 heavy (non-hydrogen) atoms. The van der Waals surface area contributed by atoms with E-state index in [1.54, 1.807) is 30.8 Å². The molecule has 5 heteroatoms. The minimum Gasteiger partial charge on any atom is -0.353 e. The van der Waals surface area contributed by atoms with Crippen molar-refractivity contribution in [2.75, 3.05) is 5.75 Å². The van der Waals surface area contributed by atoms with Crippen LogP contribution in [0.15, 0.2) is 46.1 Å². The van der Waals surface area contributed by atoms with Crippen molar-refractivity contribution in [1.82, 2.24) is 5.32 Å². The summed E-state index contributed by atoms with van der Waals surface area (Å²) in [5.74, 6) is 0.557. The number of hydrogen-bond acceptors (Lipinski definition) is 4. The van der Waals surface area contributed by atoms with Crippen LogP contribution in [0.3, 0.4) is 0 Å². The first-order valence-electron chi connectivity index (χ1n) is 7.50. The topological polar surface area (TPSA) is 52.9 Å². The predicted molar refractivity (Wildman–Crippen MR) is 96.1 cm³/mol. The Labute approximate surface area is 146 Å². The lowest BCUT2D eigenvalue weighted by Crippen LogP contribution is -2.27. The highest BCUT2D eigenvalue weighted by atomic mass is 35.5. The Bertz CT molecular complexity index is 714. The zero-order valence-corrected chi connectivity index (χ0v) is 15.0. The number of nitriles is 1. The van der Waals surface area contributed by atoms with Crippen molar-refractivity contribution >= 4 is 29.1 Å². The molecule has 0 spiro atoms. The number of Topliss-reactive ketones (excluding diaryl/α,β-unsaturated/α-hetero) is 1. The smallest absolute Gasteiger partial charge is 0.158 e. The van der Waals surface area contributed by atoms with E-state index >= 15 is 0 Å². The Morgan fingerprint density at radius 3 is 2.57 bits per heavy atom. The summed E-state index contributed by atoms with van der Waals surface area (Å²) in [6.07, 6.45) is 1.02. The number of benzene rings is 1. The van der Waals surface area contributed by atoms with E-state index in [0.29, 0.717) is 16.2 Å². The van der Waals surface area contributed by atoms with Gasteiger partial charge < -0.3 is 5.32 Å². The van der Waals surface area contributed by atoms with E-state index in [-0.39, 0.29) is 11.7 Å². The van der Waals surface area contributed by atoms with Crippen molar-refractivity contribution in [3.8, 4) is 6.07 Å². The predicted octanol–water partition coefficient (Wildman–Crippen LogP) is 4.77. The second-order valence-electron chi connectivity index (χ2n) is 5.41. The van der Waals surface area contributed by atoms with Crippen molar-refractivity contribution < 1.29 is 4.79 Å². The normalized spacial score (nSPS) is 17.8. The fourth-order valence-electron chi connectivity index (χ4n) is 2.69. The molecule has 3 nitrogen and oxygen atoms in total. The van der Waals surface area contributed by atoms with Crippen LogP contribution >= 0.6 is 23.4 Å². The summed E-state index contributed by atoms with van der Waals surface area (Å²) in [7, 11) is 0. The van der Waals surface area contributed by atoms with E-state index in [0.717, 1.165) is 28.5 Å². The highest BCUT2D eigenvalue weighted by Gasteiger charge is 2.32. The molecule has 0 radical (unpaired) electrons. The Hall–Kier alpha value is -1.70. The van der Waals surface area contributed by atoms with Crippen LogP contribution in [0.5, 0.6) is 0 Å². The second-order valence-corrected chi connectivity index (χ2v) is 6.95. The molecule has 0 unspecified atom stereocenters. The first-order valence-corrected chi connectivity index (χ1v) is 8.87. The van der Waals surface area contributed by atoms with Crippen LogP contribution in [-0.4, -0.2) is 11.5 Å². The van der Waals surface area contributed by atoms with Gasteiger partial charge >= 0.3 is 0 Å². The van der Waals surface area contributed by atoms with E-state index < -0.39 is 0 Å². The first-order chi connectivity index (χ1) is 11.0. The Morgan fingerprint density at radius 2 is 2.04 bits per heavy atom. The molecule has 0 saturated heterocycles. The van der Waals surface area contributed by atoms with Gasteiger partial charge in [0.05, 0.1) is 22.6 Å². The molecule has 1 heterocycles. The number of nitrogens with one attached hydrogen (secondary N) is 1. The number of halogens is 1. The molecule has 2 rings (SSSR count). The van der Waals surface area contributed by atoms with E-state index in [1.807, 2.05) is 19.1 Å². The molecule has 0 fully saturated rings. The number of rotatable bonds is 5. The number of hydrogen-bond donors (Lipinski definition) is 1. The Balaban J connectivity index is 2.58. The zero-order chi connectivity index (χ0) is 17.0. The number of allylic oxidation sites excluding steroid dienone is 3. The third-order valence-corrected chi connectivity index (χ3v) is 5.16. The van der Waals surface area contributed by atoms with Gasteiger partial charge in [-0.15, -0.1) is 11.8 Å². The van der Waals surface area contributed by atoms with Gasteiger partial charge in [0.15, 0.2) is 5.78 Å². The second kappa shape index (κ2) is 7.72. The summed E-state index contributed by atoms with van der Waals surface area (Å²) in [6.45, 7) is 5.53. The molecule has 0 saturated carbocycles. The van der Waals surface area contributed by atoms with Crippen molar-refractivity contribution in [2.45, 2.75) is 33.1 Å². The molecule has 0 aliphatic carbocycles. The molecule has 1 aromatic rings. The molecule has 120 valence electrons. The SMILES string of the molecule is CCCSC1=C(C#N)[C@H](c2ccc(Cl)cc2)C(C(C)=O)=C(C)N1. The van der Waals surface area contributed by atoms with Gasteiger partial charge in [0.2, 0.25) is 0 Å². The molecular weight excluding hydrogens is 328 g/mol. The third-order valence-electron chi connectivity index (χ3n) is 3.68. The lowest BCUT2D eigenvalue weighted by molar-refractivity contribution is -0.113. The summed E-state index contributed by atoms with van der Waals surface area (Å²) in [6, 6.07) is 9.66. The average Bonchev–Trinajstić information content (AvgIpc) is 2.52. The maximum Gasteiger partial charge on any atom is 0.158 e. The highest BCUT2D eigenvalue weighted by molar-refractivity contribution is 8.03. The van der Waals surface area contributed by atoms with E-state index in [1.165, 1.54) is 0 Å². The van der Waals surface area contributed by atoms with Crippen LogP contribution in [0.4, 0.5) is 0 Å². The first kappa shape index (κ1) is 17.7. The van der Waals surface area contributed by atoms with Gasteiger partial charge in [-0.2, -0.15) is 5.26 Å². The fraction of sp³-hybridized carbons (Fsp3) is 0.333. The highest BCUT2D eigenvalue weighted by Crippen LogP contribution is 2.41. The van der Waals surface area contributed by atoms with Gasteiger partial charge in [0.25, 0.3) is 0 Å². The maximum absolute atomic E-state index is 12.2. The molecular formula is C18H19ClN2OS. The van der Waals surface area contributed by atoms with E-state index in [2.05, 4.69) is 18.3 Å². The summed E-state index contributed by atoms with van der Waals surface area (Å²) in [4.78, 5) is 12.2. The molecule has 0 aromatic heterocycles. The molecule has 0 amide bonds. The molecule has 1 atom stereocenters. The standard InChI is InChI=1S/C18H19ClN2OS/c1-4-9-23-18-15(10-20)17(13-5-7-14(19)8-6-13)16(12(3)22)11(2)21-18/h5-8,17,21H,4,9H2,1-3H3/t17-/m0/s1. The van der Waals surface area contributed by atoms with Crippen molar-refractivity contribution in [3.63, 3.8) is 0 Å². The van der Waals surface area contributed by atoms with Crippen LogP contribution in [0, 0.1) is 11.3 Å². The van der Waals surface area contributed by atoms with Crippen molar-refractivity contribution in [3.05, 3.63) is 56.7 Å². The summed E-state index contributed by atoms with van der Waals surface area (Å²) >= 11 is 7.60. The van der Waals surface area contributed by atoms with Crippen LogP contribution in [0.25, 0.3) is 0 Å². The average molecular weight is 347 g/mol. The number of nitrogens with zero attached hydrogens (tertiary/aromatic N) is 1. The van der Waals surface area contributed by atoms with Gasteiger partial charge in [-0.3, -0.25) is 4.79 Å². The van der Waals surface area contributed by atoms with Gasteiger partial charge in [0, 0.05) is 16.3 Å². The lowest BCUT2D eigenvalue weighted by atomic mass is 9.81. The minimum absolute atomic E-state index is 0.0257. The van der Waals surface area contributed by atoms with Gasteiger partial charge in [-0.1, -0.05) is 30.7 Å². The number of dihydropyridines is 1. The van der Waals surface area contributed by atoms with E-state index in [9.17, 15) is 10.1 Å². The number of ketones is 1. The maximum atomic E-state index is 12.2. The molecule has 1 aliphatic rings. The van der Waals surface area contributed by atoms with Crippen LogP contribution in [-0.2, 0) is 4.79 Å². The third kappa shape index (κ3) is 3.80. The van der Waals surface area contributed by atoms with Crippen LogP contribution in [0.2, 0.25) is 5.02 Å². The zero-order valence-electron chi connectivity index (χ0n) is 13.4. The quantitative estimate of drug-likeness (QED) is 0.834. The van der Waals surface area contributed by atoms with Gasteiger partial charge in [-0.05, 0) is 43.7 Å². The number of thioether (sulfide) groups is 1. The molecule has 0 bridgehead atoms.